The predicted octanol–water partition coefficient (Wildman–Crippen LogP) is 3.15. The zero-order valence-electron chi connectivity index (χ0n) is 12.8. The first kappa shape index (κ1) is 15.4. The molecule has 0 N–H and O–H groups in total. The van der Waals surface area contributed by atoms with Crippen LogP contribution in [0.2, 0.25) is 0 Å². The van der Waals surface area contributed by atoms with Crippen molar-refractivity contribution in [1.29, 1.82) is 0 Å². The quantitative estimate of drug-likeness (QED) is 0.476. The van der Waals surface area contributed by atoms with Gasteiger partial charge in [0.1, 0.15) is 4.75 Å². The largest absolute Gasteiger partial charge is 0.264 e. The second-order valence-corrected chi connectivity index (χ2v) is 8.53. The van der Waals surface area contributed by atoms with Gasteiger partial charge in [-0.05, 0) is 24.8 Å². The summed E-state index contributed by atoms with van der Waals surface area (Å²) >= 11 is 0. The molecule has 4 nitrogen and oxygen atoms in total. The SMILES string of the molecule is C[C@H](C[S@](=O)[C@@]1(C)[C@@H]2C=C[C@@H](C2)[C@@H]1[N+](=O)[O-])c1ccccc1. The van der Waals surface area contributed by atoms with E-state index in [0.29, 0.717) is 5.75 Å². The highest BCUT2D eigenvalue weighted by Gasteiger charge is 2.63. The highest BCUT2D eigenvalue weighted by atomic mass is 32.2. The van der Waals surface area contributed by atoms with Crippen molar-refractivity contribution in [3.05, 3.63) is 58.2 Å². The van der Waals surface area contributed by atoms with E-state index in [2.05, 4.69) is 0 Å². The highest BCUT2D eigenvalue weighted by Crippen LogP contribution is 2.51. The predicted molar refractivity (Wildman–Crippen MR) is 87.8 cm³/mol. The molecule has 0 aliphatic heterocycles. The molecule has 0 heterocycles. The van der Waals surface area contributed by atoms with Gasteiger partial charge in [-0.15, -0.1) is 0 Å². The van der Waals surface area contributed by atoms with Crippen LogP contribution in [0.25, 0.3) is 0 Å². The second kappa shape index (κ2) is 5.61. The number of nitro groups is 1. The van der Waals surface area contributed by atoms with Crippen LogP contribution in [0.1, 0.15) is 31.7 Å². The molecule has 0 amide bonds. The maximum atomic E-state index is 13.0. The molecule has 22 heavy (non-hydrogen) atoms. The van der Waals surface area contributed by atoms with E-state index in [-0.39, 0.29) is 22.7 Å². The summed E-state index contributed by atoms with van der Waals surface area (Å²) in [6.07, 6.45) is 4.75. The lowest BCUT2D eigenvalue weighted by Crippen LogP contribution is -2.51. The van der Waals surface area contributed by atoms with Gasteiger partial charge in [-0.3, -0.25) is 14.3 Å². The van der Waals surface area contributed by atoms with Crippen molar-refractivity contribution in [1.82, 2.24) is 0 Å². The summed E-state index contributed by atoms with van der Waals surface area (Å²) in [5.74, 6) is 0.620. The van der Waals surface area contributed by atoms with Gasteiger partial charge in [-0.1, -0.05) is 49.4 Å². The molecule has 1 aromatic rings. The van der Waals surface area contributed by atoms with Crippen LogP contribution in [-0.2, 0) is 10.8 Å². The van der Waals surface area contributed by atoms with Gasteiger partial charge < -0.3 is 0 Å². The lowest BCUT2D eigenvalue weighted by Gasteiger charge is -2.33. The standard InChI is InChI=1S/C17H21NO3S/c1-12(13-6-4-3-5-7-13)11-22(21)17(2)15-9-8-14(10-15)16(17)18(19)20/h3-9,12,14-16H,10-11H2,1-2H3/t12-,14+,15-,16+,17+,22+/m1/s1. The summed E-state index contributed by atoms with van der Waals surface area (Å²) in [6.45, 7) is 3.89. The molecule has 0 unspecified atom stereocenters. The van der Waals surface area contributed by atoms with Crippen molar-refractivity contribution in [2.24, 2.45) is 11.8 Å². The Morgan fingerprint density at radius 1 is 1.36 bits per heavy atom. The van der Waals surface area contributed by atoms with E-state index in [1.165, 1.54) is 0 Å². The molecular weight excluding hydrogens is 298 g/mol. The third-order valence-corrected chi connectivity index (χ3v) is 7.66. The molecule has 2 bridgehead atoms. The molecule has 0 saturated heterocycles. The Bertz CT molecular complexity index is 630. The maximum Gasteiger partial charge on any atom is 0.236 e. The first-order valence-corrected chi connectivity index (χ1v) is 9.01. The van der Waals surface area contributed by atoms with Crippen LogP contribution in [0.5, 0.6) is 0 Å². The summed E-state index contributed by atoms with van der Waals surface area (Å²) in [7, 11) is -1.23. The minimum absolute atomic E-state index is 0.0546. The fourth-order valence-corrected chi connectivity index (χ4v) is 6.03. The lowest BCUT2D eigenvalue weighted by molar-refractivity contribution is -0.531. The first-order chi connectivity index (χ1) is 10.4. The van der Waals surface area contributed by atoms with Gasteiger partial charge in [0.15, 0.2) is 0 Å². The molecule has 1 saturated carbocycles. The summed E-state index contributed by atoms with van der Waals surface area (Å²) in [4.78, 5) is 11.3. The first-order valence-electron chi connectivity index (χ1n) is 7.69. The van der Waals surface area contributed by atoms with Crippen molar-refractivity contribution in [3.63, 3.8) is 0 Å². The minimum atomic E-state index is -1.23. The third-order valence-electron chi connectivity index (χ3n) is 5.33. The molecule has 5 heteroatoms. The van der Waals surface area contributed by atoms with E-state index >= 15 is 0 Å². The summed E-state index contributed by atoms with van der Waals surface area (Å²) in [6, 6.07) is 9.22. The minimum Gasteiger partial charge on any atom is -0.264 e. The molecule has 0 aromatic heterocycles. The summed E-state index contributed by atoms with van der Waals surface area (Å²) in [5, 5.41) is 11.5. The molecule has 6 atom stereocenters. The zero-order chi connectivity index (χ0) is 15.9. The van der Waals surface area contributed by atoms with Gasteiger partial charge in [-0.25, -0.2) is 0 Å². The van der Waals surface area contributed by atoms with Crippen LogP contribution in [0.15, 0.2) is 42.5 Å². The summed E-state index contributed by atoms with van der Waals surface area (Å²) < 4.78 is 12.3. The Balaban J connectivity index is 1.82. The molecule has 118 valence electrons. The monoisotopic (exact) mass is 319 g/mol. The van der Waals surface area contributed by atoms with Crippen LogP contribution in [0, 0.1) is 22.0 Å². The maximum absolute atomic E-state index is 13.0. The van der Waals surface area contributed by atoms with Gasteiger partial charge >= 0.3 is 0 Å². The molecular formula is C17H21NO3S. The summed E-state index contributed by atoms with van der Waals surface area (Å²) in [5.41, 5.74) is 1.14. The number of nitrogens with zero attached hydrogens (tertiary/aromatic N) is 1. The van der Waals surface area contributed by atoms with E-state index in [4.69, 9.17) is 0 Å². The molecule has 0 radical (unpaired) electrons. The van der Waals surface area contributed by atoms with Crippen LogP contribution >= 0.6 is 0 Å². The van der Waals surface area contributed by atoms with E-state index < -0.39 is 21.6 Å². The van der Waals surface area contributed by atoms with Crippen molar-refractivity contribution in [2.45, 2.75) is 37.0 Å². The number of allylic oxidation sites excluding steroid dienone is 1. The third kappa shape index (κ3) is 2.32. The molecule has 2 aliphatic rings. The van der Waals surface area contributed by atoms with Gasteiger partial charge in [-0.2, -0.15) is 0 Å². The number of fused-ring (bicyclic) bond motifs is 2. The Morgan fingerprint density at radius 2 is 2.05 bits per heavy atom. The molecule has 1 aromatic carbocycles. The van der Waals surface area contributed by atoms with Crippen LogP contribution in [0.3, 0.4) is 0 Å². The van der Waals surface area contributed by atoms with Crippen molar-refractivity contribution < 1.29 is 9.13 Å². The second-order valence-electron chi connectivity index (χ2n) is 6.63. The topological polar surface area (TPSA) is 60.2 Å². The van der Waals surface area contributed by atoms with Crippen LogP contribution in [-0.4, -0.2) is 25.7 Å². The van der Waals surface area contributed by atoms with Crippen molar-refractivity contribution in [3.8, 4) is 0 Å². The van der Waals surface area contributed by atoms with Crippen molar-refractivity contribution in [2.75, 3.05) is 5.75 Å². The van der Waals surface area contributed by atoms with Gasteiger partial charge in [0.2, 0.25) is 6.04 Å². The van der Waals surface area contributed by atoms with Crippen LogP contribution in [0.4, 0.5) is 0 Å². The van der Waals surface area contributed by atoms with Crippen LogP contribution < -0.4 is 0 Å². The number of rotatable bonds is 5. The van der Waals surface area contributed by atoms with Gasteiger partial charge in [0, 0.05) is 33.3 Å². The number of hydrogen-bond donors (Lipinski definition) is 0. The Kier molecular flexibility index (Phi) is 3.93. The van der Waals surface area contributed by atoms with E-state index in [1.54, 1.807) is 0 Å². The number of benzene rings is 1. The average molecular weight is 319 g/mol. The molecule has 3 rings (SSSR count). The molecule has 1 fully saturated rings. The molecule has 2 aliphatic carbocycles. The lowest BCUT2D eigenvalue weighted by atomic mass is 9.90. The zero-order valence-corrected chi connectivity index (χ0v) is 13.7. The van der Waals surface area contributed by atoms with E-state index in [0.717, 1.165) is 12.0 Å². The Morgan fingerprint density at radius 3 is 2.68 bits per heavy atom. The normalized spacial score (nSPS) is 35.5. The Hall–Kier alpha value is -1.49. The fraction of sp³-hybridized carbons (Fsp3) is 0.529. The average Bonchev–Trinajstić information content (AvgIpc) is 3.07. The fourth-order valence-electron chi connectivity index (χ4n) is 3.98. The van der Waals surface area contributed by atoms with Gasteiger partial charge in [0.25, 0.3) is 0 Å². The molecule has 0 spiro atoms. The van der Waals surface area contributed by atoms with Gasteiger partial charge in [0.05, 0.1) is 0 Å². The van der Waals surface area contributed by atoms with Crippen molar-refractivity contribution >= 4 is 10.8 Å². The number of hydrogen-bond acceptors (Lipinski definition) is 3. The smallest absolute Gasteiger partial charge is 0.236 e. The van der Waals surface area contributed by atoms with E-state index in [9.17, 15) is 14.3 Å². The Labute approximate surface area is 133 Å². The van der Waals surface area contributed by atoms with E-state index in [1.807, 2.05) is 56.3 Å². The highest BCUT2D eigenvalue weighted by molar-refractivity contribution is 7.86.